The molecule has 28 heavy (non-hydrogen) atoms. The molecule has 0 atom stereocenters. The van der Waals surface area contributed by atoms with Crippen molar-refractivity contribution in [2.75, 3.05) is 16.8 Å². The smallest absolute Gasteiger partial charge is 0.366 e. The molecule has 4 rings (SSSR count). The first-order valence-corrected chi connectivity index (χ1v) is 8.92. The monoisotopic (exact) mass is 385 g/mol. The van der Waals surface area contributed by atoms with Crippen molar-refractivity contribution in [2.45, 2.75) is 26.1 Å². The Labute approximate surface area is 160 Å². The van der Waals surface area contributed by atoms with E-state index in [0.29, 0.717) is 24.0 Å². The fraction of sp³-hybridized carbons (Fsp3) is 0.238. The van der Waals surface area contributed by atoms with Crippen LogP contribution >= 0.6 is 0 Å². The number of hydrogen-bond acceptors (Lipinski definition) is 3. The fourth-order valence-corrected chi connectivity index (χ4v) is 3.71. The van der Waals surface area contributed by atoms with E-state index >= 15 is 0 Å². The molecule has 0 unspecified atom stereocenters. The van der Waals surface area contributed by atoms with E-state index in [1.54, 1.807) is 6.20 Å². The lowest BCUT2D eigenvalue weighted by atomic mass is 9.96. The highest BCUT2D eigenvalue weighted by Crippen LogP contribution is 2.35. The number of fused-ring (bicyclic) bond motifs is 2. The summed E-state index contributed by atoms with van der Waals surface area (Å²) in [4.78, 5) is 17.7. The van der Waals surface area contributed by atoms with E-state index in [0.717, 1.165) is 41.1 Å². The van der Waals surface area contributed by atoms with Crippen molar-refractivity contribution in [2.24, 2.45) is 0 Å². The number of nitrogens with zero attached hydrogens (tertiary/aromatic N) is 2. The van der Waals surface area contributed by atoms with Gasteiger partial charge in [0.25, 0.3) is 0 Å². The number of hydrogen-bond donors (Lipinski definition) is 1. The topological polar surface area (TPSA) is 45.2 Å². The van der Waals surface area contributed by atoms with Crippen molar-refractivity contribution in [1.82, 2.24) is 4.98 Å². The quantitative estimate of drug-likeness (QED) is 0.691. The van der Waals surface area contributed by atoms with Crippen LogP contribution in [0.15, 0.2) is 48.7 Å². The van der Waals surface area contributed by atoms with Crippen molar-refractivity contribution >= 4 is 28.2 Å². The molecule has 1 N–H and O–H groups in total. The van der Waals surface area contributed by atoms with Crippen molar-refractivity contribution in [3.05, 3.63) is 65.4 Å². The summed E-state index contributed by atoms with van der Waals surface area (Å²) >= 11 is 0. The van der Waals surface area contributed by atoms with Crippen LogP contribution < -0.4 is 10.2 Å². The summed E-state index contributed by atoms with van der Waals surface area (Å²) in [6, 6.07) is 11.3. The van der Waals surface area contributed by atoms with Gasteiger partial charge >= 0.3 is 6.18 Å². The van der Waals surface area contributed by atoms with E-state index in [1.807, 2.05) is 24.3 Å². The molecular weight excluding hydrogens is 367 g/mol. The van der Waals surface area contributed by atoms with Gasteiger partial charge in [-0.2, -0.15) is 13.2 Å². The van der Waals surface area contributed by atoms with Gasteiger partial charge in [-0.3, -0.25) is 9.78 Å². The number of amides is 1. The number of aromatic nitrogens is 1. The van der Waals surface area contributed by atoms with E-state index in [4.69, 9.17) is 0 Å². The van der Waals surface area contributed by atoms with Gasteiger partial charge in [0.05, 0.1) is 11.1 Å². The van der Waals surface area contributed by atoms with Gasteiger partial charge in [-0.1, -0.05) is 18.2 Å². The molecule has 2 heterocycles. The zero-order chi connectivity index (χ0) is 19.9. The molecule has 0 radical (unpaired) electrons. The molecule has 4 nitrogen and oxygen atoms in total. The molecule has 1 aromatic heterocycles. The Morgan fingerprint density at radius 2 is 2.00 bits per heavy atom. The Morgan fingerprint density at radius 1 is 1.18 bits per heavy atom. The lowest BCUT2D eigenvalue weighted by Crippen LogP contribution is -2.31. The van der Waals surface area contributed by atoms with Gasteiger partial charge in [-0.05, 0) is 41.8 Å². The standard InChI is InChI=1S/C21H18F3N3O/c1-13(28)26-18-4-2-3-14-12-27(10-8-16(14)18)20-7-9-25-19-11-15(21(22,23)24)5-6-17(19)20/h2-7,9,11H,8,10,12H2,1H3,(H,26,28). The highest BCUT2D eigenvalue weighted by atomic mass is 19.4. The second-order valence-corrected chi connectivity index (χ2v) is 6.86. The minimum atomic E-state index is -4.39. The molecule has 144 valence electrons. The number of carbonyl (C=O) groups is 1. The van der Waals surface area contributed by atoms with Crippen molar-refractivity contribution in [3.8, 4) is 0 Å². The van der Waals surface area contributed by atoms with Gasteiger partial charge in [0.2, 0.25) is 5.91 Å². The number of rotatable bonds is 2. The van der Waals surface area contributed by atoms with Crippen LogP contribution in [-0.4, -0.2) is 17.4 Å². The molecule has 3 aromatic rings. The zero-order valence-electron chi connectivity index (χ0n) is 15.2. The summed E-state index contributed by atoms with van der Waals surface area (Å²) in [6.45, 7) is 2.79. The Bertz CT molecular complexity index is 1060. The van der Waals surface area contributed by atoms with E-state index in [2.05, 4.69) is 15.2 Å². The fourth-order valence-electron chi connectivity index (χ4n) is 3.71. The van der Waals surface area contributed by atoms with E-state index in [-0.39, 0.29) is 5.91 Å². The van der Waals surface area contributed by atoms with Crippen LogP contribution in [0.2, 0.25) is 0 Å². The second kappa shape index (κ2) is 6.82. The lowest BCUT2D eigenvalue weighted by molar-refractivity contribution is -0.137. The Balaban J connectivity index is 1.70. The largest absolute Gasteiger partial charge is 0.416 e. The van der Waals surface area contributed by atoms with Gasteiger partial charge < -0.3 is 10.2 Å². The zero-order valence-corrected chi connectivity index (χ0v) is 15.2. The number of pyridine rings is 1. The van der Waals surface area contributed by atoms with Gasteiger partial charge in [0.1, 0.15) is 0 Å². The Morgan fingerprint density at radius 3 is 2.75 bits per heavy atom. The minimum Gasteiger partial charge on any atom is -0.366 e. The molecule has 1 amide bonds. The third kappa shape index (κ3) is 3.40. The molecule has 0 saturated carbocycles. The van der Waals surface area contributed by atoms with Crippen molar-refractivity contribution < 1.29 is 18.0 Å². The molecule has 2 aromatic carbocycles. The molecule has 0 fully saturated rings. The highest BCUT2D eigenvalue weighted by Gasteiger charge is 2.31. The maximum Gasteiger partial charge on any atom is 0.416 e. The SMILES string of the molecule is CC(=O)Nc1cccc2c1CCN(c1ccnc3cc(C(F)(F)F)ccc13)C2. The molecule has 0 aliphatic carbocycles. The maximum atomic E-state index is 13.0. The van der Waals surface area contributed by atoms with E-state index in [9.17, 15) is 18.0 Å². The second-order valence-electron chi connectivity index (χ2n) is 6.86. The summed E-state index contributed by atoms with van der Waals surface area (Å²) < 4.78 is 39.0. The van der Waals surface area contributed by atoms with Crippen molar-refractivity contribution in [1.29, 1.82) is 0 Å². The van der Waals surface area contributed by atoms with Crippen LogP contribution in [0, 0.1) is 0 Å². The van der Waals surface area contributed by atoms with Crippen LogP contribution in [0.25, 0.3) is 10.9 Å². The maximum absolute atomic E-state index is 13.0. The van der Waals surface area contributed by atoms with Gasteiger partial charge in [0.15, 0.2) is 0 Å². The molecule has 7 heteroatoms. The average Bonchev–Trinajstić information content (AvgIpc) is 2.66. The van der Waals surface area contributed by atoms with Gasteiger partial charge in [0, 0.05) is 43.0 Å². The van der Waals surface area contributed by atoms with Crippen molar-refractivity contribution in [3.63, 3.8) is 0 Å². The number of benzene rings is 2. The lowest BCUT2D eigenvalue weighted by Gasteiger charge is -2.32. The third-order valence-electron chi connectivity index (χ3n) is 4.96. The molecule has 0 bridgehead atoms. The van der Waals surface area contributed by atoms with E-state index in [1.165, 1.54) is 13.0 Å². The number of nitrogens with one attached hydrogen (secondary N) is 1. The summed E-state index contributed by atoms with van der Waals surface area (Å²) in [5.41, 5.74) is 3.49. The van der Waals surface area contributed by atoms with Gasteiger partial charge in [-0.25, -0.2) is 0 Å². The first-order chi connectivity index (χ1) is 13.3. The normalized spacial score (nSPS) is 14.1. The minimum absolute atomic E-state index is 0.114. The van der Waals surface area contributed by atoms with Crippen LogP contribution in [-0.2, 0) is 23.9 Å². The Kier molecular flexibility index (Phi) is 4.45. The van der Waals surface area contributed by atoms with Crippen LogP contribution in [0.1, 0.15) is 23.6 Å². The number of carbonyl (C=O) groups excluding carboxylic acids is 1. The predicted molar refractivity (Wildman–Crippen MR) is 102 cm³/mol. The average molecular weight is 385 g/mol. The Hall–Kier alpha value is -3.09. The molecule has 0 spiro atoms. The summed E-state index contributed by atoms with van der Waals surface area (Å²) in [5, 5.41) is 3.56. The number of halogens is 3. The first kappa shape index (κ1) is 18.3. The predicted octanol–water partition coefficient (Wildman–Crippen LogP) is 4.77. The third-order valence-corrected chi connectivity index (χ3v) is 4.96. The summed E-state index contributed by atoms with van der Waals surface area (Å²) in [5.74, 6) is -0.114. The van der Waals surface area contributed by atoms with Crippen LogP contribution in [0.5, 0.6) is 0 Å². The van der Waals surface area contributed by atoms with Crippen LogP contribution in [0.4, 0.5) is 24.5 Å². The van der Waals surface area contributed by atoms with Crippen LogP contribution in [0.3, 0.4) is 0 Å². The summed E-state index contributed by atoms with van der Waals surface area (Å²) in [6.07, 6.45) is -2.12. The molecule has 0 saturated heterocycles. The molecule has 1 aliphatic rings. The highest BCUT2D eigenvalue weighted by molar-refractivity contribution is 5.92. The number of alkyl halides is 3. The number of anilines is 2. The summed E-state index contributed by atoms with van der Waals surface area (Å²) in [7, 11) is 0. The van der Waals surface area contributed by atoms with Gasteiger partial charge in [-0.15, -0.1) is 0 Å². The first-order valence-electron chi connectivity index (χ1n) is 8.92. The molecule has 1 aliphatic heterocycles. The molecular formula is C21H18F3N3O. The van der Waals surface area contributed by atoms with E-state index < -0.39 is 11.7 Å².